The maximum absolute atomic E-state index is 13.8. The lowest BCUT2D eigenvalue weighted by atomic mass is 9.91. The molecule has 1 atom stereocenters. The Labute approximate surface area is 182 Å². The molecule has 0 saturated carbocycles. The summed E-state index contributed by atoms with van der Waals surface area (Å²) in [7, 11) is 2.16. The van der Waals surface area contributed by atoms with Gasteiger partial charge in [-0.25, -0.2) is 4.79 Å². The zero-order chi connectivity index (χ0) is 24.4. The Hall–Kier alpha value is -3.58. The summed E-state index contributed by atoms with van der Waals surface area (Å²) in [5.74, 6) is -2.49. The van der Waals surface area contributed by atoms with Gasteiger partial charge in [0.25, 0.3) is 0 Å². The summed E-state index contributed by atoms with van der Waals surface area (Å²) in [6, 6.07) is 3.62. The third kappa shape index (κ3) is 4.93. The van der Waals surface area contributed by atoms with E-state index in [0.717, 1.165) is 44.7 Å². The van der Waals surface area contributed by atoms with Gasteiger partial charge in [-0.05, 0) is 12.1 Å². The highest BCUT2D eigenvalue weighted by Gasteiger charge is 2.59. The molecular weight excluding hydrogens is 464 g/mol. The Morgan fingerprint density at radius 1 is 1.03 bits per heavy atom. The second kappa shape index (κ2) is 8.75. The molecule has 0 N–H and O–H groups in total. The lowest BCUT2D eigenvalue weighted by molar-refractivity contribution is -0.274. The van der Waals surface area contributed by atoms with Crippen LogP contribution in [0.3, 0.4) is 0 Å². The lowest BCUT2D eigenvalue weighted by Crippen LogP contribution is -2.40. The van der Waals surface area contributed by atoms with Crippen LogP contribution in [0.4, 0.5) is 26.3 Å². The minimum absolute atomic E-state index is 0.190. The van der Waals surface area contributed by atoms with Crippen molar-refractivity contribution < 1.29 is 50.1 Å². The van der Waals surface area contributed by atoms with Crippen LogP contribution in [0.1, 0.15) is 22.5 Å². The SMILES string of the molecule is COC(=O)c1cnc(C2(C(F)(F)F)CCN=N2)cc1Oc1ccc(OC(F)(F)F)cc1OC. The van der Waals surface area contributed by atoms with E-state index in [1.165, 1.54) is 0 Å². The number of aromatic nitrogens is 1. The number of hydrogen-bond donors (Lipinski definition) is 0. The van der Waals surface area contributed by atoms with Crippen molar-refractivity contribution in [3.8, 4) is 23.0 Å². The van der Waals surface area contributed by atoms with Gasteiger partial charge in [-0.2, -0.15) is 23.4 Å². The van der Waals surface area contributed by atoms with Crippen LogP contribution in [0.25, 0.3) is 0 Å². The number of halogens is 6. The average Bonchev–Trinajstić information content (AvgIpc) is 3.24. The van der Waals surface area contributed by atoms with Gasteiger partial charge in [-0.1, -0.05) is 0 Å². The van der Waals surface area contributed by atoms with Crippen LogP contribution in [0.2, 0.25) is 0 Å². The van der Waals surface area contributed by atoms with Crippen molar-refractivity contribution in [1.82, 2.24) is 4.98 Å². The minimum atomic E-state index is -4.97. The Kier molecular flexibility index (Phi) is 6.38. The third-order valence-electron chi connectivity index (χ3n) is 4.57. The van der Waals surface area contributed by atoms with Gasteiger partial charge in [-0.15, -0.1) is 13.2 Å². The molecule has 0 spiro atoms. The molecule has 1 unspecified atom stereocenters. The van der Waals surface area contributed by atoms with Crippen molar-refractivity contribution in [1.29, 1.82) is 0 Å². The molecular formula is C19H15F6N3O5. The number of nitrogens with zero attached hydrogens (tertiary/aromatic N) is 3. The summed E-state index contributed by atoms with van der Waals surface area (Å²) in [5.41, 5.74) is -3.67. The number of rotatable bonds is 6. The van der Waals surface area contributed by atoms with Crippen molar-refractivity contribution in [3.05, 3.63) is 41.7 Å². The van der Waals surface area contributed by atoms with E-state index in [0.29, 0.717) is 0 Å². The van der Waals surface area contributed by atoms with E-state index in [1.54, 1.807) is 0 Å². The largest absolute Gasteiger partial charge is 0.573 e. The van der Waals surface area contributed by atoms with Gasteiger partial charge in [0.15, 0.2) is 11.5 Å². The molecule has 0 bridgehead atoms. The number of carbonyl (C=O) groups excluding carboxylic acids is 1. The quantitative estimate of drug-likeness (QED) is 0.419. The number of azo groups is 1. The van der Waals surface area contributed by atoms with Crippen molar-refractivity contribution in [2.24, 2.45) is 10.2 Å². The van der Waals surface area contributed by atoms with E-state index in [1.807, 2.05) is 0 Å². The molecule has 3 rings (SSSR count). The van der Waals surface area contributed by atoms with Crippen LogP contribution >= 0.6 is 0 Å². The second-order valence-electron chi connectivity index (χ2n) is 6.59. The monoisotopic (exact) mass is 479 g/mol. The van der Waals surface area contributed by atoms with Gasteiger partial charge in [0, 0.05) is 24.8 Å². The summed E-state index contributed by atoms with van der Waals surface area (Å²) >= 11 is 0. The molecule has 8 nitrogen and oxygen atoms in total. The molecule has 1 aromatic heterocycles. The molecule has 0 radical (unpaired) electrons. The Morgan fingerprint density at radius 2 is 1.76 bits per heavy atom. The van der Waals surface area contributed by atoms with E-state index in [-0.39, 0.29) is 23.6 Å². The van der Waals surface area contributed by atoms with E-state index >= 15 is 0 Å². The van der Waals surface area contributed by atoms with Crippen molar-refractivity contribution in [2.45, 2.75) is 24.5 Å². The number of benzene rings is 1. The van der Waals surface area contributed by atoms with Gasteiger partial charge in [-0.3, -0.25) is 4.98 Å². The molecule has 0 fully saturated rings. The highest BCUT2D eigenvalue weighted by atomic mass is 19.4. The first-order chi connectivity index (χ1) is 15.4. The second-order valence-corrected chi connectivity index (χ2v) is 6.59. The number of carbonyl (C=O) groups is 1. The van der Waals surface area contributed by atoms with E-state index in [2.05, 4.69) is 24.7 Å². The van der Waals surface area contributed by atoms with Gasteiger partial charge >= 0.3 is 18.5 Å². The minimum Gasteiger partial charge on any atom is -0.493 e. The van der Waals surface area contributed by atoms with Crippen LogP contribution < -0.4 is 14.2 Å². The van der Waals surface area contributed by atoms with Gasteiger partial charge in [0.1, 0.15) is 17.1 Å². The fraction of sp³-hybridized carbons (Fsp3) is 0.368. The molecule has 0 amide bonds. The molecule has 1 aliphatic heterocycles. The van der Waals surface area contributed by atoms with Crippen LogP contribution in [0.5, 0.6) is 23.0 Å². The number of methoxy groups -OCH3 is 2. The summed E-state index contributed by atoms with van der Waals surface area (Å²) < 4.78 is 97.8. The number of hydrogen-bond acceptors (Lipinski definition) is 8. The fourth-order valence-corrected chi connectivity index (χ4v) is 3.01. The maximum atomic E-state index is 13.8. The first-order valence-electron chi connectivity index (χ1n) is 9.06. The normalized spacial score (nSPS) is 18.2. The molecule has 0 aliphatic carbocycles. The molecule has 178 valence electrons. The molecule has 2 aromatic rings. The van der Waals surface area contributed by atoms with Gasteiger partial charge in [0.05, 0.1) is 26.5 Å². The topological polar surface area (TPSA) is 91.6 Å². The van der Waals surface area contributed by atoms with E-state index in [4.69, 9.17) is 9.47 Å². The van der Waals surface area contributed by atoms with Crippen LogP contribution in [0, 0.1) is 0 Å². The predicted octanol–water partition coefficient (Wildman–Crippen LogP) is 5.18. The smallest absolute Gasteiger partial charge is 0.493 e. The predicted molar refractivity (Wildman–Crippen MR) is 97.4 cm³/mol. The lowest BCUT2D eigenvalue weighted by Gasteiger charge is -2.27. The molecule has 1 aliphatic rings. The number of ether oxygens (including phenoxy) is 4. The van der Waals surface area contributed by atoms with E-state index in [9.17, 15) is 31.1 Å². The molecule has 0 saturated heterocycles. The number of pyridine rings is 1. The zero-order valence-electron chi connectivity index (χ0n) is 17.0. The number of esters is 1. The highest BCUT2D eigenvalue weighted by molar-refractivity contribution is 5.92. The summed E-state index contributed by atoms with van der Waals surface area (Å²) in [6.45, 7) is -0.190. The zero-order valence-corrected chi connectivity index (χ0v) is 17.0. The summed E-state index contributed by atoms with van der Waals surface area (Å²) in [5, 5.41) is 6.79. The van der Waals surface area contributed by atoms with Gasteiger partial charge < -0.3 is 18.9 Å². The van der Waals surface area contributed by atoms with Crippen LogP contribution in [0.15, 0.2) is 40.7 Å². The standard InChI is InChI=1S/C19H15F6N3O5/c1-30-14-7-10(33-19(23,24)25)3-4-12(14)32-13-8-15(26-9-11(13)16(29)31-2)17(18(20,21)22)5-6-27-28-17/h3-4,7-9H,5-6H2,1-2H3. The van der Waals surface area contributed by atoms with Crippen LogP contribution in [-0.2, 0) is 10.3 Å². The molecule has 14 heteroatoms. The first-order valence-corrected chi connectivity index (χ1v) is 9.06. The molecule has 1 aromatic carbocycles. The van der Waals surface area contributed by atoms with Crippen molar-refractivity contribution in [3.63, 3.8) is 0 Å². The van der Waals surface area contributed by atoms with Crippen molar-refractivity contribution in [2.75, 3.05) is 20.8 Å². The summed E-state index contributed by atoms with van der Waals surface area (Å²) in [6.07, 6.45) is -9.50. The average molecular weight is 479 g/mol. The third-order valence-corrected chi connectivity index (χ3v) is 4.57. The molecule has 33 heavy (non-hydrogen) atoms. The maximum Gasteiger partial charge on any atom is 0.573 e. The highest BCUT2D eigenvalue weighted by Crippen LogP contribution is 2.48. The molecule has 2 heterocycles. The van der Waals surface area contributed by atoms with Crippen molar-refractivity contribution >= 4 is 5.97 Å². The Morgan fingerprint density at radius 3 is 2.30 bits per heavy atom. The summed E-state index contributed by atoms with van der Waals surface area (Å²) in [4.78, 5) is 15.9. The van der Waals surface area contributed by atoms with Gasteiger partial charge in [0.2, 0.25) is 5.54 Å². The first kappa shape index (κ1) is 24.1. The van der Waals surface area contributed by atoms with Crippen LogP contribution in [-0.4, -0.2) is 44.3 Å². The Balaban J connectivity index is 2.07. The fourth-order valence-electron chi connectivity index (χ4n) is 3.01. The number of alkyl halides is 6. The van der Waals surface area contributed by atoms with E-state index < -0.39 is 47.7 Å². The Bertz CT molecular complexity index is 1070.